The lowest BCUT2D eigenvalue weighted by atomic mass is 10.0. The van der Waals surface area contributed by atoms with E-state index in [9.17, 15) is 0 Å². The summed E-state index contributed by atoms with van der Waals surface area (Å²) in [5.74, 6) is 1.54. The van der Waals surface area contributed by atoms with Gasteiger partial charge in [-0.15, -0.1) is 0 Å². The molecular weight excluding hydrogens is 352 g/mol. The number of benzene rings is 2. The Hall–Kier alpha value is -1.19. The highest BCUT2D eigenvalue weighted by Crippen LogP contribution is 2.36. The van der Waals surface area contributed by atoms with Crippen LogP contribution in [0.2, 0.25) is 5.02 Å². The Labute approximate surface area is 139 Å². The lowest BCUT2D eigenvalue weighted by Crippen LogP contribution is -2.05. The molecule has 0 aliphatic heterocycles. The molecule has 0 saturated carbocycles. The molecule has 0 aliphatic carbocycles. The maximum Gasteiger partial charge on any atom is 0.137 e. The SMILES string of the molecule is COc1ccc(C(Br)c2cccc(OC(C)C)c2)cc1Cl. The highest BCUT2D eigenvalue weighted by Gasteiger charge is 2.13. The molecule has 0 amide bonds. The summed E-state index contributed by atoms with van der Waals surface area (Å²) in [6.45, 7) is 4.03. The van der Waals surface area contributed by atoms with Crippen LogP contribution in [0.1, 0.15) is 29.8 Å². The fraction of sp³-hybridized carbons (Fsp3) is 0.294. The van der Waals surface area contributed by atoms with Gasteiger partial charge in [-0.1, -0.05) is 45.7 Å². The minimum atomic E-state index is 0.0524. The Morgan fingerprint density at radius 2 is 1.76 bits per heavy atom. The molecule has 0 aromatic heterocycles. The van der Waals surface area contributed by atoms with Crippen molar-refractivity contribution in [3.8, 4) is 11.5 Å². The van der Waals surface area contributed by atoms with Crippen molar-refractivity contribution in [1.82, 2.24) is 0 Å². The topological polar surface area (TPSA) is 18.5 Å². The molecule has 0 aliphatic rings. The van der Waals surface area contributed by atoms with E-state index in [1.165, 1.54) is 0 Å². The van der Waals surface area contributed by atoms with E-state index in [1.54, 1.807) is 7.11 Å². The summed E-state index contributed by atoms with van der Waals surface area (Å²) in [7, 11) is 1.61. The van der Waals surface area contributed by atoms with E-state index in [1.807, 2.05) is 50.2 Å². The van der Waals surface area contributed by atoms with Crippen molar-refractivity contribution in [3.05, 3.63) is 58.6 Å². The van der Waals surface area contributed by atoms with E-state index in [-0.39, 0.29) is 10.9 Å². The predicted octanol–water partition coefficient (Wildman–Crippen LogP) is 5.62. The normalized spacial score (nSPS) is 12.3. The van der Waals surface area contributed by atoms with Gasteiger partial charge in [-0.05, 0) is 49.2 Å². The van der Waals surface area contributed by atoms with E-state index in [2.05, 4.69) is 22.0 Å². The zero-order valence-corrected chi connectivity index (χ0v) is 14.6. The highest BCUT2D eigenvalue weighted by atomic mass is 79.9. The van der Waals surface area contributed by atoms with Gasteiger partial charge in [0.2, 0.25) is 0 Å². The summed E-state index contributed by atoms with van der Waals surface area (Å²) in [4.78, 5) is 0.0524. The smallest absolute Gasteiger partial charge is 0.137 e. The molecule has 112 valence electrons. The minimum Gasteiger partial charge on any atom is -0.495 e. The molecule has 0 fully saturated rings. The highest BCUT2D eigenvalue weighted by molar-refractivity contribution is 9.09. The van der Waals surface area contributed by atoms with Crippen LogP contribution in [-0.4, -0.2) is 13.2 Å². The molecule has 4 heteroatoms. The summed E-state index contributed by atoms with van der Waals surface area (Å²) >= 11 is 9.91. The molecule has 0 bridgehead atoms. The molecule has 0 N–H and O–H groups in total. The first-order chi connectivity index (χ1) is 10.0. The van der Waals surface area contributed by atoms with Crippen molar-refractivity contribution in [2.45, 2.75) is 24.8 Å². The Morgan fingerprint density at radius 3 is 2.38 bits per heavy atom. The summed E-state index contributed by atoms with van der Waals surface area (Å²) in [6, 6.07) is 13.8. The number of rotatable bonds is 5. The molecule has 0 radical (unpaired) electrons. The average molecular weight is 370 g/mol. The molecule has 1 unspecified atom stereocenters. The van der Waals surface area contributed by atoms with E-state index in [4.69, 9.17) is 21.1 Å². The Morgan fingerprint density at radius 1 is 1.05 bits per heavy atom. The monoisotopic (exact) mass is 368 g/mol. The number of halogens is 2. The van der Waals surface area contributed by atoms with Gasteiger partial charge >= 0.3 is 0 Å². The first-order valence-electron chi connectivity index (χ1n) is 6.75. The van der Waals surface area contributed by atoms with Crippen LogP contribution in [0.3, 0.4) is 0 Å². The fourth-order valence-corrected chi connectivity index (χ4v) is 2.89. The lowest BCUT2D eigenvalue weighted by Gasteiger charge is -2.15. The summed E-state index contributed by atoms with van der Waals surface area (Å²) in [5, 5.41) is 0.606. The van der Waals surface area contributed by atoms with Crippen molar-refractivity contribution < 1.29 is 9.47 Å². The van der Waals surface area contributed by atoms with Crippen LogP contribution in [0.5, 0.6) is 11.5 Å². The third kappa shape index (κ3) is 4.14. The summed E-state index contributed by atoms with van der Waals surface area (Å²) in [6.07, 6.45) is 0.157. The molecule has 2 rings (SSSR count). The van der Waals surface area contributed by atoms with Crippen molar-refractivity contribution in [3.63, 3.8) is 0 Å². The Balaban J connectivity index is 2.27. The van der Waals surface area contributed by atoms with Crippen LogP contribution >= 0.6 is 27.5 Å². The fourth-order valence-electron chi connectivity index (χ4n) is 2.05. The Bertz CT molecular complexity index is 613. The second-order valence-corrected chi connectivity index (χ2v) is 6.32. The summed E-state index contributed by atoms with van der Waals surface area (Å²) in [5.41, 5.74) is 2.19. The molecule has 2 aromatic rings. The molecule has 21 heavy (non-hydrogen) atoms. The maximum atomic E-state index is 6.19. The van der Waals surface area contributed by atoms with Gasteiger partial charge in [0.15, 0.2) is 0 Å². The van der Waals surface area contributed by atoms with E-state index in [0.717, 1.165) is 16.9 Å². The zero-order chi connectivity index (χ0) is 15.4. The minimum absolute atomic E-state index is 0.0524. The second-order valence-electron chi connectivity index (χ2n) is 5.00. The molecule has 2 aromatic carbocycles. The lowest BCUT2D eigenvalue weighted by molar-refractivity contribution is 0.242. The quantitative estimate of drug-likeness (QED) is 0.637. The first-order valence-corrected chi connectivity index (χ1v) is 8.04. The van der Waals surface area contributed by atoms with Gasteiger partial charge in [0.25, 0.3) is 0 Å². The van der Waals surface area contributed by atoms with E-state index in [0.29, 0.717) is 10.8 Å². The van der Waals surface area contributed by atoms with Crippen molar-refractivity contribution >= 4 is 27.5 Å². The van der Waals surface area contributed by atoms with Crippen LogP contribution in [0, 0.1) is 0 Å². The van der Waals surface area contributed by atoms with Gasteiger partial charge in [-0.3, -0.25) is 0 Å². The maximum absolute atomic E-state index is 6.19. The van der Waals surface area contributed by atoms with Crippen LogP contribution in [0.25, 0.3) is 0 Å². The molecule has 0 saturated heterocycles. The van der Waals surface area contributed by atoms with Gasteiger partial charge in [0, 0.05) is 0 Å². The van der Waals surface area contributed by atoms with Crippen molar-refractivity contribution in [2.24, 2.45) is 0 Å². The molecule has 0 heterocycles. The standard InChI is InChI=1S/C17H18BrClO2/c1-11(2)21-14-6-4-5-12(9-14)17(18)13-7-8-16(20-3)15(19)10-13/h4-11,17H,1-3H3. The van der Waals surface area contributed by atoms with Gasteiger partial charge < -0.3 is 9.47 Å². The van der Waals surface area contributed by atoms with Crippen LogP contribution < -0.4 is 9.47 Å². The largest absolute Gasteiger partial charge is 0.495 e. The van der Waals surface area contributed by atoms with Crippen LogP contribution in [0.15, 0.2) is 42.5 Å². The molecule has 1 atom stereocenters. The zero-order valence-electron chi connectivity index (χ0n) is 12.3. The number of methoxy groups -OCH3 is 1. The van der Waals surface area contributed by atoms with Crippen LogP contribution in [-0.2, 0) is 0 Å². The molecule has 2 nitrogen and oxygen atoms in total. The molecule has 0 spiro atoms. The number of ether oxygens (including phenoxy) is 2. The van der Waals surface area contributed by atoms with Crippen molar-refractivity contribution in [2.75, 3.05) is 7.11 Å². The van der Waals surface area contributed by atoms with Gasteiger partial charge in [-0.25, -0.2) is 0 Å². The number of alkyl halides is 1. The third-order valence-corrected chi connectivity index (χ3v) is 4.34. The van der Waals surface area contributed by atoms with Gasteiger partial charge in [-0.2, -0.15) is 0 Å². The summed E-state index contributed by atoms with van der Waals surface area (Å²) < 4.78 is 10.9. The molecular formula is C17H18BrClO2. The first kappa shape index (κ1) is 16.2. The van der Waals surface area contributed by atoms with E-state index < -0.39 is 0 Å². The number of hydrogen-bond donors (Lipinski definition) is 0. The van der Waals surface area contributed by atoms with Gasteiger partial charge in [0.05, 0.1) is 23.1 Å². The predicted molar refractivity (Wildman–Crippen MR) is 91.0 cm³/mol. The van der Waals surface area contributed by atoms with Gasteiger partial charge in [0.1, 0.15) is 11.5 Å². The Kier molecular flexibility index (Phi) is 5.54. The van der Waals surface area contributed by atoms with Crippen molar-refractivity contribution in [1.29, 1.82) is 0 Å². The van der Waals surface area contributed by atoms with E-state index >= 15 is 0 Å². The number of hydrogen-bond acceptors (Lipinski definition) is 2. The average Bonchev–Trinajstić information content (AvgIpc) is 2.46. The third-order valence-electron chi connectivity index (χ3n) is 2.99. The van der Waals surface area contributed by atoms with Crippen LogP contribution in [0.4, 0.5) is 0 Å². The second kappa shape index (κ2) is 7.19.